The van der Waals surface area contributed by atoms with E-state index in [4.69, 9.17) is 9.47 Å². The van der Waals surface area contributed by atoms with Crippen LogP contribution in [0, 0.1) is 5.82 Å². The summed E-state index contributed by atoms with van der Waals surface area (Å²) < 4.78 is 25.4. The fraction of sp³-hybridized carbons (Fsp3) is 0.462. The molecule has 0 saturated carbocycles. The molecule has 2 heterocycles. The minimum Gasteiger partial charge on any atom is -0.389 e. The van der Waals surface area contributed by atoms with Crippen molar-refractivity contribution in [2.75, 3.05) is 25.1 Å². The smallest absolute Gasteiger partial charge is 0.322 e. The fourth-order valence-electron chi connectivity index (χ4n) is 4.67. The molecular weight excluding hydrogens is 453 g/mol. The topological polar surface area (TPSA) is 100 Å². The van der Waals surface area contributed by atoms with Gasteiger partial charge in [0.25, 0.3) is 0 Å². The molecular formula is C26H32FN3O5. The molecule has 0 bridgehead atoms. The molecule has 3 amide bonds. The summed E-state index contributed by atoms with van der Waals surface area (Å²) >= 11 is 0. The lowest BCUT2D eigenvalue weighted by Crippen LogP contribution is -2.58. The van der Waals surface area contributed by atoms with Gasteiger partial charge in [0.1, 0.15) is 11.9 Å². The molecule has 2 fully saturated rings. The van der Waals surface area contributed by atoms with Crippen molar-refractivity contribution >= 4 is 17.6 Å². The summed E-state index contributed by atoms with van der Waals surface area (Å²) in [5, 5.41) is 16.0. The minimum absolute atomic E-state index is 0.0609. The van der Waals surface area contributed by atoms with Crippen LogP contribution in [0.3, 0.4) is 0 Å². The van der Waals surface area contributed by atoms with Crippen LogP contribution in [-0.2, 0) is 14.3 Å². The lowest BCUT2D eigenvalue weighted by molar-refractivity contribution is -0.150. The van der Waals surface area contributed by atoms with Gasteiger partial charge in [-0.05, 0) is 43.5 Å². The number of carbonyl (C=O) groups is 2. The zero-order chi connectivity index (χ0) is 24.8. The number of anilines is 1. The Morgan fingerprint density at radius 2 is 1.94 bits per heavy atom. The molecule has 0 unspecified atom stereocenters. The highest BCUT2D eigenvalue weighted by Crippen LogP contribution is 2.28. The number of hydrogen-bond acceptors (Lipinski definition) is 5. The Hall–Kier alpha value is -3.01. The van der Waals surface area contributed by atoms with E-state index in [9.17, 15) is 19.1 Å². The van der Waals surface area contributed by atoms with Gasteiger partial charge in [0, 0.05) is 5.69 Å². The van der Waals surface area contributed by atoms with E-state index in [1.165, 1.54) is 23.1 Å². The first-order valence-electron chi connectivity index (χ1n) is 12.0. The number of halogens is 1. The summed E-state index contributed by atoms with van der Waals surface area (Å²) in [5.74, 6) is -0.557. The zero-order valence-corrected chi connectivity index (χ0v) is 19.7. The van der Waals surface area contributed by atoms with Crippen molar-refractivity contribution in [3.63, 3.8) is 0 Å². The van der Waals surface area contributed by atoms with Crippen LogP contribution >= 0.6 is 0 Å². The van der Waals surface area contributed by atoms with Crippen molar-refractivity contribution < 1.29 is 28.6 Å². The minimum atomic E-state index is -0.850. The maximum atomic E-state index is 13.6. The molecule has 0 aromatic heterocycles. The number of hydrogen-bond donors (Lipinski definition) is 3. The van der Waals surface area contributed by atoms with Crippen molar-refractivity contribution in [3.05, 3.63) is 66.0 Å². The van der Waals surface area contributed by atoms with Crippen LogP contribution in [0.15, 0.2) is 54.6 Å². The molecule has 2 aliphatic heterocycles. The van der Waals surface area contributed by atoms with Gasteiger partial charge < -0.3 is 30.1 Å². The SMILES string of the molecule is C[C@H](NC(=O)C[C@@H]1CC[C@@H]2[C@H](COC[C@@H](O)CN2C(=O)Nc2cccc(F)c2)O1)c1ccccc1. The Labute approximate surface area is 204 Å². The van der Waals surface area contributed by atoms with Crippen LogP contribution in [0.1, 0.15) is 37.8 Å². The van der Waals surface area contributed by atoms with Gasteiger partial charge in [0.15, 0.2) is 0 Å². The maximum absolute atomic E-state index is 13.6. The number of amides is 3. The molecule has 2 saturated heterocycles. The van der Waals surface area contributed by atoms with Crippen molar-refractivity contribution in [1.82, 2.24) is 10.2 Å². The number of nitrogens with zero attached hydrogens (tertiary/aromatic N) is 1. The number of fused-ring (bicyclic) bond motifs is 1. The molecule has 4 rings (SSSR count). The van der Waals surface area contributed by atoms with Gasteiger partial charge in [-0.15, -0.1) is 0 Å². The zero-order valence-electron chi connectivity index (χ0n) is 19.7. The van der Waals surface area contributed by atoms with Crippen LogP contribution in [0.2, 0.25) is 0 Å². The summed E-state index contributed by atoms with van der Waals surface area (Å²) in [6.07, 6.45) is -0.229. The van der Waals surface area contributed by atoms with Crippen LogP contribution in [0.25, 0.3) is 0 Å². The Morgan fingerprint density at radius 3 is 2.71 bits per heavy atom. The summed E-state index contributed by atoms with van der Waals surface area (Å²) in [6.45, 7) is 2.26. The number of benzene rings is 2. The number of aliphatic hydroxyl groups is 1. The third-order valence-corrected chi connectivity index (χ3v) is 6.41. The second kappa shape index (κ2) is 11.6. The molecule has 5 atom stereocenters. The van der Waals surface area contributed by atoms with E-state index < -0.39 is 24.1 Å². The second-order valence-electron chi connectivity index (χ2n) is 9.13. The van der Waals surface area contributed by atoms with E-state index in [2.05, 4.69) is 10.6 Å². The summed E-state index contributed by atoms with van der Waals surface area (Å²) in [4.78, 5) is 27.3. The van der Waals surface area contributed by atoms with Crippen molar-refractivity contribution in [2.24, 2.45) is 0 Å². The summed E-state index contributed by atoms with van der Waals surface area (Å²) in [5.41, 5.74) is 1.36. The number of nitrogens with one attached hydrogen (secondary N) is 2. The van der Waals surface area contributed by atoms with Crippen LogP contribution in [0.4, 0.5) is 14.9 Å². The standard InChI is InChI=1S/C26H32FN3O5/c1-17(18-6-3-2-4-7-18)28-25(32)13-22-10-11-23-24(35-22)16-34-15-21(31)14-30(23)26(33)29-20-9-5-8-19(27)12-20/h2-9,12,17,21-24,31H,10-11,13-16H2,1H3,(H,28,32)(H,29,33)/t17-,21-,22-,23+,24-/m0/s1. The highest BCUT2D eigenvalue weighted by molar-refractivity contribution is 5.89. The Morgan fingerprint density at radius 1 is 1.14 bits per heavy atom. The molecule has 188 valence electrons. The monoisotopic (exact) mass is 485 g/mol. The largest absolute Gasteiger partial charge is 0.389 e. The van der Waals surface area contributed by atoms with Crippen LogP contribution in [0.5, 0.6) is 0 Å². The molecule has 0 aliphatic carbocycles. The molecule has 9 heteroatoms. The van der Waals surface area contributed by atoms with Gasteiger partial charge in [-0.2, -0.15) is 0 Å². The van der Waals surface area contributed by atoms with Crippen molar-refractivity contribution in [1.29, 1.82) is 0 Å². The lowest BCUT2D eigenvalue weighted by atomic mass is 9.94. The lowest BCUT2D eigenvalue weighted by Gasteiger charge is -2.44. The Kier molecular flexibility index (Phi) is 8.33. The number of carbonyl (C=O) groups excluding carboxylic acids is 2. The van der Waals surface area contributed by atoms with Gasteiger partial charge in [-0.1, -0.05) is 36.4 Å². The summed E-state index contributed by atoms with van der Waals surface area (Å²) in [6, 6.07) is 14.5. The van der Waals surface area contributed by atoms with Gasteiger partial charge in [-0.25, -0.2) is 9.18 Å². The van der Waals surface area contributed by atoms with E-state index in [-0.39, 0.29) is 50.3 Å². The normalized spacial score (nSPS) is 25.5. The summed E-state index contributed by atoms with van der Waals surface area (Å²) in [7, 11) is 0. The second-order valence-corrected chi connectivity index (χ2v) is 9.13. The van der Waals surface area contributed by atoms with E-state index in [0.29, 0.717) is 18.5 Å². The maximum Gasteiger partial charge on any atom is 0.322 e. The molecule has 0 radical (unpaired) electrons. The Bertz CT molecular complexity index is 1010. The predicted molar refractivity (Wildman–Crippen MR) is 128 cm³/mol. The molecule has 8 nitrogen and oxygen atoms in total. The first kappa shape index (κ1) is 25.1. The van der Waals surface area contributed by atoms with E-state index >= 15 is 0 Å². The molecule has 3 N–H and O–H groups in total. The molecule has 0 spiro atoms. The number of rotatable bonds is 5. The molecule has 2 aromatic carbocycles. The number of β-amino-alcohol motifs (C(OH)–C–C–N with tert-alkyl or cyclic N) is 1. The fourth-order valence-corrected chi connectivity index (χ4v) is 4.67. The van der Waals surface area contributed by atoms with Crippen molar-refractivity contribution in [2.45, 2.75) is 56.6 Å². The van der Waals surface area contributed by atoms with Gasteiger partial charge in [0.2, 0.25) is 5.91 Å². The van der Waals surface area contributed by atoms with E-state index in [0.717, 1.165) is 5.56 Å². The number of ether oxygens (including phenoxy) is 2. The predicted octanol–water partition coefficient (Wildman–Crippen LogP) is 3.23. The highest BCUT2D eigenvalue weighted by atomic mass is 19.1. The van der Waals surface area contributed by atoms with Crippen molar-refractivity contribution in [3.8, 4) is 0 Å². The van der Waals surface area contributed by atoms with E-state index in [1.54, 1.807) is 6.07 Å². The first-order valence-corrected chi connectivity index (χ1v) is 12.0. The van der Waals surface area contributed by atoms with Crippen LogP contribution in [-0.4, -0.2) is 66.1 Å². The Balaban J connectivity index is 1.38. The molecule has 2 aliphatic rings. The van der Waals surface area contributed by atoms with Gasteiger partial charge in [-0.3, -0.25) is 4.79 Å². The van der Waals surface area contributed by atoms with Gasteiger partial charge >= 0.3 is 6.03 Å². The molecule has 2 aromatic rings. The highest BCUT2D eigenvalue weighted by Gasteiger charge is 2.40. The quantitative estimate of drug-likeness (QED) is 0.604. The van der Waals surface area contributed by atoms with Gasteiger partial charge in [0.05, 0.1) is 50.5 Å². The number of aliphatic hydroxyl groups excluding tert-OH is 1. The first-order chi connectivity index (χ1) is 16.9. The third kappa shape index (κ3) is 6.78. The van der Waals surface area contributed by atoms with E-state index in [1.807, 2.05) is 37.3 Å². The third-order valence-electron chi connectivity index (χ3n) is 6.41. The average Bonchev–Trinajstić information content (AvgIpc) is 2.82. The average molecular weight is 486 g/mol. The van der Waals surface area contributed by atoms with Crippen LogP contribution < -0.4 is 10.6 Å². The number of urea groups is 1. The molecule has 35 heavy (non-hydrogen) atoms.